The summed E-state index contributed by atoms with van der Waals surface area (Å²) in [4.78, 5) is 35.9. The van der Waals surface area contributed by atoms with Crippen LogP contribution in [0.3, 0.4) is 0 Å². The van der Waals surface area contributed by atoms with E-state index in [9.17, 15) is 14.4 Å². The van der Waals surface area contributed by atoms with Crippen molar-refractivity contribution in [2.45, 2.75) is 25.8 Å². The van der Waals surface area contributed by atoms with E-state index in [1.165, 1.54) is 20.3 Å². The molecule has 8 heteroatoms. The van der Waals surface area contributed by atoms with Crippen molar-refractivity contribution >= 4 is 29.5 Å². The van der Waals surface area contributed by atoms with Crippen LogP contribution in [0.15, 0.2) is 48.5 Å². The van der Waals surface area contributed by atoms with E-state index in [1.54, 1.807) is 36.4 Å². The van der Waals surface area contributed by atoms with Gasteiger partial charge in [-0.1, -0.05) is 23.8 Å². The maximum absolute atomic E-state index is 12.6. The van der Waals surface area contributed by atoms with Gasteiger partial charge in [0.25, 0.3) is 0 Å². The molecule has 0 aliphatic carbocycles. The van der Waals surface area contributed by atoms with E-state index in [0.29, 0.717) is 22.7 Å². The first-order valence-electron chi connectivity index (χ1n) is 9.62. The van der Waals surface area contributed by atoms with Crippen molar-refractivity contribution in [2.24, 2.45) is 0 Å². The first kappa shape index (κ1) is 23.5. The molecule has 0 fully saturated rings. The third-order valence-corrected chi connectivity index (χ3v) is 4.43. The van der Waals surface area contributed by atoms with Gasteiger partial charge in [-0.05, 0) is 49.2 Å². The lowest BCUT2D eigenvalue weighted by atomic mass is 10.1. The molecule has 0 heterocycles. The van der Waals surface area contributed by atoms with Gasteiger partial charge in [0.2, 0.25) is 11.8 Å². The summed E-state index contributed by atoms with van der Waals surface area (Å²) in [5.41, 5.74) is 2.29. The molecule has 0 saturated carbocycles. The molecule has 0 aliphatic rings. The molecule has 2 rings (SSSR count). The third kappa shape index (κ3) is 7.50. The second kappa shape index (κ2) is 11.4. The maximum Gasteiger partial charge on any atom is 0.303 e. The van der Waals surface area contributed by atoms with Crippen molar-refractivity contribution in [1.29, 1.82) is 0 Å². The highest BCUT2D eigenvalue weighted by molar-refractivity contribution is 6.00. The molecule has 8 nitrogen and oxygen atoms in total. The lowest BCUT2D eigenvalue weighted by Crippen LogP contribution is -2.43. The number of carboxylic acids is 1. The summed E-state index contributed by atoms with van der Waals surface area (Å²) in [6.07, 6.45) is 2.53. The van der Waals surface area contributed by atoms with Crippen LogP contribution in [0.1, 0.15) is 24.0 Å². The highest BCUT2D eigenvalue weighted by Gasteiger charge is 2.21. The lowest BCUT2D eigenvalue weighted by Gasteiger charge is -2.17. The van der Waals surface area contributed by atoms with Gasteiger partial charge in [-0.25, -0.2) is 0 Å². The number of benzene rings is 2. The fourth-order valence-electron chi connectivity index (χ4n) is 2.75. The number of aliphatic carboxylic acids is 1. The van der Waals surface area contributed by atoms with Gasteiger partial charge in [0.15, 0.2) is 11.5 Å². The van der Waals surface area contributed by atoms with E-state index in [-0.39, 0.29) is 12.8 Å². The first-order valence-corrected chi connectivity index (χ1v) is 9.62. The average molecular weight is 426 g/mol. The zero-order valence-corrected chi connectivity index (χ0v) is 17.7. The molecule has 1 atom stereocenters. The Hall–Kier alpha value is -3.81. The highest BCUT2D eigenvalue weighted by Crippen LogP contribution is 2.27. The van der Waals surface area contributed by atoms with Gasteiger partial charge in [-0.3, -0.25) is 14.4 Å². The molecule has 0 bridgehead atoms. The molecular weight excluding hydrogens is 400 g/mol. The van der Waals surface area contributed by atoms with Crippen LogP contribution in [0.5, 0.6) is 11.5 Å². The van der Waals surface area contributed by atoms with E-state index < -0.39 is 23.8 Å². The van der Waals surface area contributed by atoms with Crippen LogP contribution >= 0.6 is 0 Å². The summed E-state index contributed by atoms with van der Waals surface area (Å²) in [5.74, 6) is -0.988. The highest BCUT2D eigenvalue weighted by atomic mass is 16.5. The van der Waals surface area contributed by atoms with Crippen molar-refractivity contribution in [2.75, 3.05) is 19.5 Å². The molecular formula is C23H26N2O6. The van der Waals surface area contributed by atoms with Crippen LogP contribution < -0.4 is 20.1 Å². The zero-order chi connectivity index (χ0) is 22.8. The van der Waals surface area contributed by atoms with Gasteiger partial charge in [-0.2, -0.15) is 0 Å². The third-order valence-electron chi connectivity index (χ3n) is 4.43. The minimum Gasteiger partial charge on any atom is -0.493 e. The van der Waals surface area contributed by atoms with E-state index in [4.69, 9.17) is 14.6 Å². The predicted octanol–water partition coefficient (Wildman–Crippen LogP) is 3.01. The Morgan fingerprint density at radius 2 is 1.71 bits per heavy atom. The number of carboxylic acid groups (broad SMARTS) is 1. The number of methoxy groups -OCH3 is 2. The summed E-state index contributed by atoms with van der Waals surface area (Å²) >= 11 is 0. The second-order valence-corrected chi connectivity index (χ2v) is 6.80. The Balaban J connectivity index is 2.07. The Morgan fingerprint density at radius 1 is 1.03 bits per heavy atom. The summed E-state index contributed by atoms with van der Waals surface area (Å²) in [6, 6.07) is 11.3. The number of carbonyl (C=O) groups is 3. The molecule has 2 aromatic rings. The summed E-state index contributed by atoms with van der Waals surface area (Å²) in [7, 11) is 3.04. The van der Waals surface area contributed by atoms with E-state index >= 15 is 0 Å². The topological polar surface area (TPSA) is 114 Å². The SMILES string of the molecule is COc1ccc(/C=C/C(=O)N[C@@H](CCC(=O)O)C(=O)Nc2ccc(C)cc2)cc1OC. The quantitative estimate of drug-likeness (QED) is 0.503. The summed E-state index contributed by atoms with van der Waals surface area (Å²) < 4.78 is 10.4. The number of aryl methyl sites for hydroxylation is 1. The lowest BCUT2D eigenvalue weighted by molar-refractivity contribution is -0.137. The van der Waals surface area contributed by atoms with Gasteiger partial charge >= 0.3 is 5.97 Å². The van der Waals surface area contributed by atoms with Crippen LogP contribution in [-0.2, 0) is 14.4 Å². The molecule has 3 N–H and O–H groups in total. The van der Waals surface area contributed by atoms with E-state index in [0.717, 1.165) is 5.56 Å². The number of ether oxygens (including phenoxy) is 2. The van der Waals surface area contributed by atoms with Crippen LogP contribution in [0.2, 0.25) is 0 Å². The number of nitrogens with one attached hydrogen (secondary N) is 2. The Morgan fingerprint density at radius 3 is 2.32 bits per heavy atom. The Labute approximate surface area is 180 Å². The number of anilines is 1. The standard InChI is InChI=1S/C23H26N2O6/c1-15-4-8-17(9-5-15)24-23(29)18(10-13-22(27)28)25-21(26)12-7-16-6-11-19(30-2)20(14-16)31-3/h4-9,11-12,14,18H,10,13H2,1-3H3,(H,24,29)(H,25,26)(H,27,28)/b12-7+/t18-/m0/s1. The fourth-order valence-corrected chi connectivity index (χ4v) is 2.75. The number of hydrogen-bond donors (Lipinski definition) is 3. The van der Waals surface area contributed by atoms with Crippen molar-refractivity contribution < 1.29 is 29.0 Å². The zero-order valence-electron chi connectivity index (χ0n) is 17.7. The Kier molecular flexibility index (Phi) is 8.63. The maximum atomic E-state index is 12.6. The van der Waals surface area contributed by atoms with Crippen molar-refractivity contribution in [1.82, 2.24) is 5.32 Å². The van der Waals surface area contributed by atoms with Crippen molar-refractivity contribution in [3.63, 3.8) is 0 Å². The molecule has 0 radical (unpaired) electrons. The molecule has 0 spiro atoms. The molecule has 164 valence electrons. The monoisotopic (exact) mass is 426 g/mol. The molecule has 0 unspecified atom stereocenters. The van der Waals surface area contributed by atoms with Crippen LogP contribution in [0, 0.1) is 6.92 Å². The molecule has 0 saturated heterocycles. The minimum atomic E-state index is -1.05. The predicted molar refractivity (Wildman–Crippen MR) is 117 cm³/mol. The van der Waals surface area contributed by atoms with Gasteiger partial charge in [-0.15, -0.1) is 0 Å². The van der Waals surface area contributed by atoms with E-state index in [1.807, 2.05) is 19.1 Å². The smallest absolute Gasteiger partial charge is 0.303 e. The normalized spacial score (nSPS) is 11.6. The fraction of sp³-hybridized carbons (Fsp3) is 0.261. The second-order valence-electron chi connectivity index (χ2n) is 6.80. The first-order chi connectivity index (χ1) is 14.8. The summed E-state index contributed by atoms with van der Waals surface area (Å²) in [6.45, 7) is 1.92. The molecule has 31 heavy (non-hydrogen) atoms. The number of hydrogen-bond acceptors (Lipinski definition) is 5. The molecule has 0 aromatic heterocycles. The average Bonchev–Trinajstić information content (AvgIpc) is 2.76. The number of carbonyl (C=O) groups excluding carboxylic acids is 2. The number of amides is 2. The minimum absolute atomic E-state index is 0.0387. The summed E-state index contributed by atoms with van der Waals surface area (Å²) in [5, 5.41) is 14.2. The molecule has 2 amide bonds. The van der Waals surface area contributed by atoms with Gasteiger partial charge < -0.3 is 25.2 Å². The molecule has 2 aromatic carbocycles. The van der Waals surface area contributed by atoms with Crippen LogP contribution in [-0.4, -0.2) is 43.2 Å². The number of rotatable bonds is 10. The van der Waals surface area contributed by atoms with Crippen LogP contribution in [0.25, 0.3) is 6.08 Å². The van der Waals surface area contributed by atoms with Crippen molar-refractivity contribution in [3.05, 3.63) is 59.7 Å². The van der Waals surface area contributed by atoms with Crippen molar-refractivity contribution in [3.8, 4) is 11.5 Å². The van der Waals surface area contributed by atoms with Gasteiger partial charge in [0.1, 0.15) is 6.04 Å². The Bertz CT molecular complexity index is 953. The van der Waals surface area contributed by atoms with Gasteiger partial charge in [0, 0.05) is 18.2 Å². The van der Waals surface area contributed by atoms with E-state index in [2.05, 4.69) is 10.6 Å². The molecule has 0 aliphatic heterocycles. The largest absolute Gasteiger partial charge is 0.493 e. The van der Waals surface area contributed by atoms with Crippen LogP contribution in [0.4, 0.5) is 5.69 Å². The van der Waals surface area contributed by atoms with Gasteiger partial charge in [0.05, 0.1) is 14.2 Å².